The maximum atomic E-state index is 11.8. The lowest BCUT2D eigenvalue weighted by Gasteiger charge is -2.22. The summed E-state index contributed by atoms with van der Waals surface area (Å²) in [6.45, 7) is 11.3. The highest BCUT2D eigenvalue weighted by Crippen LogP contribution is 2.07. The first-order valence-electron chi connectivity index (χ1n) is 7.46. The topological polar surface area (TPSA) is 98.3 Å². The third-order valence-electron chi connectivity index (χ3n) is 2.02. The maximum absolute atomic E-state index is 11.8. The standard InChI is InChI=1S/C15H29N3O5/c1-14(2,3)22-12(19)17-11(16-9-8-10-21-7)18-13(20)23-15(4,5)6/h8-10H2,1-7H3,(H2,16,17,18,19,20). The molecule has 8 nitrogen and oxygen atoms in total. The Balaban J connectivity index is 4.74. The van der Waals surface area contributed by atoms with Gasteiger partial charge < -0.3 is 14.2 Å². The molecule has 0 aromatic rings. The SMILES string of the molecule is COCCCN=C(NC(=O)OC(C)(C)C)NC(=O)OC(C)(C)C. The van der Waals surface area contributed by atoms with Crippen molar-refractivity contribution in [1.82, 2.24) is 10.6 Å². The van der Waals surface area contributed by atoms with E-state index in [4.69, 9.17) is 14.2 Å². The van der Waals surface area contributed by atoms with E-state index in [-0.39, 0.29) is 5.96 Å². The molecule has 0 aliphatic carbocycles. The molecule has 0 unspecified atom stereocenters. The van der Waals surface area contributed by atoms with Gasteiger partial charge in [-0.1, -0.05) is 0 Å². The number of methoxy groups -OCH3 is 1. The molecule has 0 aliphatic rings. The summed E-state index contributed by atoms with van der Waals surface area (Å²) in [5, 5.41) is 4.81. The number of rotatable bonds is 4. The van der Waals surface area contributed by atoms with Crippen molar-refractivity contribution in [2.75, 3.05) is 20.3 Å². The number of amides is 2. The molecule has 0 bridgehead atoms. The van der Waals surface area contributed by atoms with Gasteiger partial charge in [0.2, 0.25) is 5.96 Å². The molecule has 2 N–H and O–H groups in total. The molecule has 8 heteroatoms. The highest BCUT2D eigenvalue weighted by Gasteiger charge is 2.21. The summed E-state index contributed by atoms with van der Waals surface area (Å²) in [6.07, 6.45) is -0.774. The Labute approximate surface area is 138 Å². The number of hydrogen-bond donors (Lipinski definition) is 2. The van der Waals surface area contributed by atoms with Crippen molar-refractivity contribution in [2.45, 2.75) is 59.2 Å². The number of alkyl carbamates (subject to hydrolysis) is 2. The highest BCUT2D eigenvalue weighted by atomic mass is 16.6. The van der Waals surface area contributed by atoms with Crippen molar-refractivity contribution in [3.05, 3.63) is 0 Å². The number of hydrogen-bond acceptors (Lipinski definition) is 6. The molecule has 2 amide bonds. The van der Waals surface area contributed by atoms with Crippen LogP contribution in [0.15, 0.2) is 4.99 Å². The van der Waals surface area contributed by atoms with Gasteiger partial charge >= 0.3 is 12.2 Å². The summed E-state index contributed by atoms with van der Waals surface area (Å²) in [6, 6.07) is 0. The predicted molar refractivity (Wildman–Crippen MR) is 87.5 cm³/mol. The molecule has 0 saturated carbocycles. The van der Waals surface area contributed by atoms with E-state index < -0.39 is 23.4 Å². The summed E-state index contributed by atoms with van der Waals surface area (Å²) < 4.78 is 15.2. The first-order chi connectivity index (χ1) is 10.4. The average molecular weight is 331 g/mol. The van der Waals surface area contributed by atoms with Crippen molar-refractivity contribution in [2.24, 2.45) is 4.99 Å². The molecule has 23 heavy (non-hydrogen) atoms. The summed E-state index contributed by atoms with van der Waals surface area (Å²) in [4.78, 5) is 27.7. The van der Waals surface area contributed by atoms with Gasteiger partial charge in [-0.2, -0.15) is 0 Å². The molecule has 134 valence electrons. The van der Waals surface area contributed by atoms with Gasteiger partial charge in [0.1, 0.15) is 11.2 Å². The van der Waals surface area contributed by atoms with E-state index in [2.05, 4.69) is 15.6 Å². The minimum Gasteiger partial charge on any atom is -0.444 e. The Morgan fingerprint density at radius 2 is 1.35 bits per heavy atom. The first kappa shape index (κ1) is 21.2. The second kappa shape index (κ2) is 9.34. The van der Waals surface area contributed by atoms with Gasteiger partial charge in [0.25, 0.3) is 0 Å². The molecule has 0 atom stereocenters. The smallest absolute Gasteiger partial charge is 0.414 e. The van der Waals surface area contributed by atoms with E-state index >= 15 is 0 Å². The number of carbonyl (C=O) groups excluding carboxylic acids is 2. The Hall–Kier alpha value is -1.83. The lowest BCUT2D eigenvalue weighted by Crippen LogP contribution is -2.47. The van der Waals surface area contributed by atoms with Crippen LogP contribution in [-0.2, 0) is 14.2 Å². The lowest BCUT2D eigenvalue weighted by molar-refractivity contribution is 0.0545. The van der Waals surface area contributed by atoms with Crippen LogP contribution in [0.5, 0.6) is 0 Å². The van der Waals surface area contributed by atoms with Gasteiger partial charge in [-0.15, -0.1) is 0 Å². The van der Waals surface area contributed by atoms with Gasteiger partial charge in [0.15, 0.2) is 0 Å². The van der Waals surface area contributed by atoms with Crippen LogP contribution >= 0.6 is 0 Å². The first-order valence-corrected chi connectivity index (χ1v) is 7.46. The van der Waals surface area contributed by atoms with Crippen molar-refractivity contribution < 1.29 is 23.8 Å². The number of guanidine groups is 1. The molecule has 0 heterocycles. The van der Waals surface area contributed by atoms with Crippen LogP contribution in [-0.4, -0.2) is 49.6 Å². The Bertz CT molecular complexity index is 390. The fourth-order valence-corrected chi connectivity index (χ4v) is 1.31. The maximum Gasteiger partial charge on any atom is 0.414 e. The van der Waals surface area contributed by atoms with Gasteiger partial charge in [0.05, 0.1) is 0 Å². The van der Waals surface area contributed by atoms with Crippen LogP contribution in [0, 0.1) is 0 Å². The number of nitrogens with one attached hydrogen (secondary N) is 2. The zero-order valence-electron chi connectivity index (χ0n) is 15.1. The monoisotopic (exact) mass is 331 g/mol. The minimum absolute atomic E-state index is 0.0235. The van der Waals surface area contributed by atoms with Crippen LogP contribution < -0.4 is 10.6 Å². The Kier molecular flexibility index (Phi) is 8.60. The zero-order chi connectivity index (χ0) is 18.1. The largest absolute Gasteiger partial charge is 0.444 e. The number of ether oxygens (including phenoxy) is 3. The highest BCUT2D eigenvalue weighted by molar-refractivity contribution is 6.01. The molecule has 0 aliphatic heterocycles. The molecule has 0 aromatic carbocycles. The fraction of sp³-hybridized carbons (Fsp3) is 0.800. The summed E-state index contributed by atoms with van der Waals surface area (Å²) in [5.41, 5.74) is -1.31. The van der Waals surface area contributed by atoms with Crippen LogP contribution in [0.25, 0.3) is 0 Å². The summed E-state index contributed by atoms with van der Waals surface area (Å²) in [5.74, 6) is -0.0235. The average Bonchev–Trinajstić information content (AvgIpc) is 2.29. The quantitative estimate of drug-likeness (QED) is 0.468. The number of nitrogens with zero attached hydrogens (tertiary/aromatic N) is 1. The Morgan fingerprint density at radius 3 is 1.70 bits per heavy atom. The van der Waals surface area contributed by atoms with Crippen LogP contribution in [0.4, 0.5) is 9.59 Å². The van der Waals surface area contributed by atoms with Gasteiger partial charge in [0, 0.05) is 20.3 Å². The van der Waals surface area contributed by atoms with Gasteiger partial charge in [-0.25, -0.2) is 9.59 Å². The van der Waals surface area contributed by atoms with Gasteiger partial charge in [-0.05, 0) is 48.0 Å². The molecule has 0 spiro atoms. The molecule has 0 saturated heterocycles. The Morgan fingerprint density at radius 1 is 0.913 bits per heavy atom. The van der Waals surface area contributed by atoms with Crippen LogP contribution in [0.1, 0.15) is 48.0 Å². The van der Waals surface area contributed by atoms with E-state index in [0.717, 1.165) is 0 Å². The second-order valence-corrected chi connectivity index (χ2v) is 6.83. The molecular weight excluding hydrogens is 302 g/mol. The van der Waals surface area contributed by atoms with Gasteiger partial charge in [-0.3, -0.25) is 15.6 Å². The van der Waals surface area contributed by atoms with E-state index in [1.807, 2.05) is 0 Å². The van der Waals surface area contributed by atoms with Crippen molar-refractivity contribution in [1.29, 1.82) is 0 Å². The van der Waals surface area contributed by atoms with E-state index in [0.29, 0.717) is 19.6 Å². The third kappa shape index (κ3) is 13.5. The molecule has 0 rings (SSSR count). The van der Waals surface area contributed by atoms with Crippen molar-refractivity contribution in [3.8, 4) is 0 Å². The van der Waals surface area contributed by atoms with Crippen molar-refractivity contribution >= 4 is 18.1 Å². The molecule has 0 radical (unpaired) electrons. The predicted octanol–water partition coefficient (Wildman–Crippen LogP) is 2.43. The lowest BCUT2D eigenvalue weighted by atomic mass is 10.2. The van der Waals surface area contributed by atoms with Crippen LogP contribution in [0.2, 0.25) is 0 Å². The van der Waals surface area contributed by atoms with E-state index in [1.165, 1.54) is 0 Å². The van der Waals surface area contributed by atoms with E-state index in [9.17, 15) is 9.59 Å². The minimum atomic E-state index is -0.709. The third-order valence-corrected chi connectivity index (χ3v) is 2.02. The molecule has 0 aromatic heterocycles. The van der Waals surface area contributed by atoms with Crippen LogP contribution in [0.3, 0.4) is 0 Å². The van der Waals surface area contributed by atoms with E-state index in [1.54, 1.807) is 48.7 Å². The zero-order valence-corrected chi connectivity index (χ0v) is 15.1. The van der Waals surface area contributed by atoms with Crippen molar-refractivity contribution in [3.63, 3.8) is 0 Å². The fourth-order valence-electron chi connectivity index (χ4n) is 1.31. The molecular formula is C15H29N3O5. The normalized spacial score (nSPS) is 11.4. The summed E-state index contributed by atoms with van der Waals surface area (Å²) >= 11 is 0. The molecule has 0 fully saturated rings. The number of carbonyl (C=O) groups is 2. The summed E-state index contributed by atoms with van der Waals surface area (Å²) in [7, 11) is 1.59. The second-order valence-electron chi connectivity index (χ2n) is 6.83. The number of aliphatic imine (C=N–C) groups is 1.